The molecule has 0 aliphatic carbocycles. The zero-order valence-electron chi connectivity index (χ0n) is 15.2. The van der Waals surface area contributed by atoms with Gasteiger partial charge < -0.3 is 15.0 Å². The minimum atomic E-state index is -3.47. The van der Waals surface area contributed by atoms with Crippen LogP contribution in [0, 0.1) is 0 Å². The summed E-state index contributed by atoms with van der Waals surface area (Å²) in [5, 5.41) is 2.82. The van der Waals surface area contributed by atoms with Crippen molar-refractivity contribution in [3.05, 3.63) is 24.3 Å². The van der Waals surface area contributed by atoms with Crippen LogP contribution in [0.25, 0.3) is 0 Å². The second-order valence-corrected chi connectivity index (χ2v) is 8.89. The molecule has 1 aromatic carbocycles. The Balaban J connectivity index is 1.54. The topological polar surface area (TPSA) is 79.0 Å². The Hall–Kier alpha value is -1.48. The van der Waals surface area contributed by atoms with Gasteiger partial charge in [0, 0.05) is 44.9 Å². The van der Waals surface area contributed by atoms with E-state index in [1.807, 2.05) is 7.05 Å². The van der Waals surface area contributed by atoms with Crippen LogP contribution in [0.1, 0.15) is 25.7 Å². The molecule has 3 rings (SSSR count). The van der Waals surface area contributed by atoms with E-state index in [1.54, 1.807) is 24.3 Å². The highest BCUT2D eigenvalue weighted by Crippen LogP contribution is 2.21. The number of hydrogen-bond acceptors (Lipinski definition) is 5. The van der Waals surface area contributed by atoms with Crippen LogP contribution >= 0.6 is 0 Å². The van der Waals surface area contributed by atoms with Crippen molar-refractivity contribution in [2.75, 3.05) is 45.2 Å². The first-order valence-electron chi connectivity index (χ1n) is 9.15. The molecule has 1 amide bonds. The minimum absolute atomic E-state index is 0.0739. The molecule has 0 bridgehead atoms. The van der Waals surface area contributed by atoms with Crippen LogP contribution in [0.5, 0.6) is 0 Å². The van der Waals surface area contributed by atoms with Crippen molar-refractivity contribution in [1.29, 1.82) is 0 Å². The van der Waals surface area contributed by atoms with E-state index in [0.717, 1.165) is 39.0 Å². The maximum atomic E-state index is 12.7. The van der Waals surface area contributed by atoms with Crippen LogP contribution in [0.4, 0.5) is 5.69 Å². The fourth-order valence-corrected chi connectivity index (χ4v) is 4.70. The molecule has 1 unspecified atom stereocenters. The molecule has 1 aromatic rings. The van der Waals surface area contributed by atoms with Gasteiger partial charge in [0.25, 0.3) is 0 Å². The van der Waals surface area contributed by atoms with Crippen molar-refractivity contribution in [2.24, 2.45) is 0 Å². The van der Waals surface area contributed by atoms with Crippen LogP contribution in [-0.2, 0) is 19.6 Å². The lowest BCUT2D eigenvalue weighted by atomic mass is 10.1. The average Bonchev–Trinajstić information content (AvgIpc) is 3.14. The van der Waals surface area contributed by atoms with Crippen molar-refractivity contribution in [1.82, 2.24) is 9.21 Å². The number of piperazine rings is 1. The van der Waals surface area contributed by atoms with Gasteiger partial charge in [-0.25, -0.2) is 8.42 Å². The van der Waals surface area contributed by atoms with Gasteiger partial charge in [-0.15, -0.1) is 0 Å². The molecular formula is C18H27N3O4S. The summed E-state index contributed by atoms with van der Waals surface area (Å²) in [5.74, 6) is -0.0739. The first-order chi connectivity index (χ1) is 12.4. The van der Waals surface area contributed by atoms with E-state index in [2.05, 4.69) is 10.2 Å². The third kappa shape index (κ3) is 4.82. The highest BCUT2D eigenvalue weighted by atomic mass is 32.2. The summed E-state index contributed by atoms with van der Waals surface area (Å²) in [6.45, 7) is 3.26. The number of amides is 1. The molecule has 144 valence electrons. The molecule has 2 aliphatic rings. The SMILES string of the molecule is CN1CCN(S(=O)(=O)c2ccc(NC(=O)CCC3CCCO3)cc2)CC1. The highest BCUT2D eigenvalue weighted by Gasteiger charge is 2.27. The normalized spacial score (nSPS) is 22.4. The van der Waals surface area contributed by atoms with E-state index >= 15 is 0 Å². The fourth-order valence-electron chi connectivity index (χ4n) is 3.28. The highest BCUT2D eigenvalue weighted by molar-refractivity contribution is 7.89. The molecule has 0 radical (unpaired) electrons. The van der Waals surface area contributed by atoms with Crippen LogP contribution in [0.15, 0.2) is 29.2 Å². The van der Waals surface area contributed by atoms with E-state index in [4.69, 9.17) is 4.74 Å². The molecule has 8 heteroatoms. The smallest absolute Gasteiger partial charge is 0.243 e. The van der Waals surface area contributed by atoms with Gasteiger partial charge in [-0.1, -0.05) is 0 Å². The number of benzene rings is 1. The van der Waals surface area contributed by atoms with Crippen molar-refractivity contribution in [3.8, 4) is 0 Å². The Labute approximate surface area is 155 Å². The summed E-state index contributed by atoms with van der Waals surface area (Å²) in [7, 11) is -1.49. The van der Waals surface area contributed by atoms with Gasteiger partial charge >= 0.3 is 0 Å². The van der Waals surface area contributed by atoms with Crippen molar-refractivity contribution < 1.29 is 17.9 Å². The molecule has 0 aromatic heterocycles. The maximum absolute atomic E-state index is 12.7. The van der Waals surface area contributed by atoms with Crippen molar-refractivity contribution in [3.63, 3.8) is 0 Å². The lowest BCUT2D eigenvalue weighted by molar-refractivity contribution is -0.116. The van der Waals surface area contributed by atoms with Gasteiger partial charge in [-0.3, -0.25) is 4.79 Å². The molecule has 7 nitrogen and oxygen atoms in total. The van der Waals surface area contributed by atoms with Crippen LogP contribution in [-0.4, -0.2) is 69.5 Å². The van der Waals surface area contributed by atoms with Gasteiger partial charge in [0.05, 0.1) is 11.0 Å². The van der Waals surface area contributed by atoms with Crippen molar-refractivity contribution in [2.45, 2.75) is 36.7 Å². The van der Waals surface area contributed by atoms with E-state index < -0.39 is 10.0 Å². The Morgan fingerprint density at radius 3 is 2.50 bits per heavy atom. The maximum Gasteiger partial charge on any atom is 0.243 e. The number of hydrogen-bond donors (Lipinski definition) is 1. The lowest BCUT2D eigenvalue weighted by Crippen LogP contribution is -2.46. The summed E-state index contributed by atoms with van der Waals surface area (Å²) in [6.07, 6.45) is 3.41. The summed E-state index contributed by atoms with van der Waals surface area (Å²) >= 11 is 0. The summed E-state index contributed by atoms with van der Waals surface area (Å²) in [5.41, 5.74) is 0.611. The Bertz CT molecular complexity index is 706. The Morgan fingerprint density at radius 1 is 1.19 bits per heavy atom. The molecule has 1 atom stereocenters. The Kier molecular flexibility index (Phi) is 6.29. The number of rotatable bonds is 6. The van der Waals surface area contributed by atoms with E-state index in [0.29, 0.717) is 25.2 Å². The second kappa shape index (κ2) is 8.47. The van der Waals surface area contributed by atoms with Gasteiger partial charge in [0.15, 0.2) is 0 Å². The van der Waals surface area contributed by atoms with Gasteiger partial charge in [0.2, 0.25) is 15.9 Å². The molecule has 0 saturated carbocycles. The second-order valence-electron chi connectivity index (χ2n) is 6.95. The number of sulfonamides is 1. The third-order valence-corrected chi connectivity index (χ3v) is 6.87. The van der Waals surface area contributed by atoms with E-state index in [1.165, 1.54) is 4.31 Å². The van der Waals surface area contributed by atoms with E-state index in [9.17, 15) is 13.2 Å². The predicted octanol–water partition coefficient (Wildman–Crippen LogP) is 1.52. The lowest BCUT2D eigenvalue weighted by Gasteiger charge is -2.31. The number of carbonyl (C=O) groups is 1. The third-order valence-electron chi connectivity index (χ3n) is 4.96. The number of nitrogens with one attached hydrogen (secondary N) is 1. The molecular weight excluding hydrogens is 354 g/mol. The minimum Gasteiger partial charge on any atom is -0.378 e. The summed E-state index contributed by atoms with van der Waals surface area (Å²) in [4.78, 5) is 14.4. The molecule has 2 heterocycles. The molecule has 0 spiro atoms. The first kappa shape index (κ1) is 19.3. The molecule has 26 heavy (non-hydrogen) atoms. The molecule has 2 fully saturated rings. The molecule has 2 aliphatic heterocycles. The zero-order chi connectivity index (χ0) is 18.6. The summed E-state index contributed by atoms with van der Waals surface area (Å²) in [6, 6.07) is 6.41. The molecule has 1 N–H and O–H groups in total. The number of nitrogens with zero attached hydrogens (tertiary/aromatic N) is 2. The number of carbonyl (C=O) groups excluding carboxylic acids is 1. The predicted molar refractivity (Wildman–Crippen MR) is 99.5 cm³/mol. The van der Waals surface area contributed by atoms with Crippen molar-refractivity contribution >= 4 is 21.6 Å². The van der Waals surface area contributed by atoms with E-state index in [-0.39, 0.29) is 16.9 Å². The zero-order valence-corrected chi connectivity index (χ0v) is 16.0. The largest absolute Gasteiger partial charge is 0.378 e. The monoisotopic (exact) mass is 381 g/mol. The van der Waals surface area contributed by atoms with Crippen LogP contribution in [0.2, 0.25) is 0 Å². The number of ether oxygens (including phenoxy) is 1. The van der Waals surface area contributed by atoms with Crippen LogP contribution in [0.3, 0.4) is 0 Å². The first-order valence-corrected chi connectivity index (χ1v) is 10.6. The van der Waals surface area contributed by atoms with Gasteiger partial charge in [-0.05, 0) is 50.6 Å². The Morgan fingerprint density at radius 2 is 1.88 bits per heavy atom. The molecule has 2 saturated heterocycles. The quantitative estimate of drug-likeness (QED) is 0.808. The van der Waals surface area contributed by atoms with Crippen LogP contribution < -0.4 is 5.32 Å². The average molecular weight is 381 g/mol. The van der Waals surface area contributed by atoms with Gasteiger partial charge in [0.1, 0.15) is 0 Å². The number of likely N-dealkylation sites (N-methyl/N-ethyl adjacent to an activating group) is 1. The fraction of sp³-hybridized carbons (Fsp3) is 0.611. The van der Waals surface area contributed by atoms with Gasteiger partial charge in [-0.2, -0.15) is 4.31 Å². The summed E-state index contributed by atoms with van der Waals surface area (Å²) < 4.78 is 32.4. The number of anilines is 1. The standard InChI is InChI=1S/C18H27N3O4S/c1-20-10-12-21(13-11-20)26(23,24)17-7-4-15(5-8-17)19-18(22)9-6-16-3-2-14-25-16/h4-5,7-8,16H,2-3,6,9-14H2,1H3,(H,19,22).